The molecule has 2 unspecified atom stereocenters. The lowest BCUT2D eigenvalue weighted by atomic mass is 9.92. The fourth-order valence-corrected chi connectivity index (χ4v) is 4.83. The minimum atomic E-state index is -5.83. The SMILES string of the molecule is CCCc1cc(F)cc(F)c1Cc1ccc(S(=O)(=O)C(F)(F)F)c2c1CC(F)C2O. The van der Waals surface area contributed by atoms with Crippen LogP contribution in [0.1, 0.15) is 47.3 Å². The lowest BCUT2D eigenvalue weighted by Crippen LogP contribution is -2.25. The summed E-state index contributed by atoms with van der Waals surface area (Å²) in [5.41, 5.74) is -5.78. The first-order valence-corrected chi connectivity index (χ1v) is 10.6. The summed E-state index contributed by atoms with van der Waals surface area (Å²) in [4.78, 5) is -1.21. The van der Waals surface area contributed by atoms with Crippen LogP contribution in [0.25, 0.3) is 0 Å². The average Bonchev–Trinajstić information content (AvgIpc) is 2.92. The highest BCUT2D eigenvalue weighted by Gasteiger charge is 2.50. The van der Waals surface area contributed by atoms with Gasteiger partial charge in [0.05, 0.1) is 4.90 Å². The van der Waals surface area contributed by atoms with E-state index in [9.17, 15) is 39.9 Å². The average molecular weight is 452 g/mol. The minimum absolute atomic E-state index is 0.0867. The van der Waals surface area contributed by atoms with Crippen LogP contribution in [-0.4, -0.2) is 25.2 Å². The predicted octanol–water partition coefficient (Wildman–Crippen LogP) is 4.73. The van der Waals surface area contributed by atoms with Crippen molar-refractivity contribution in [2.24, 2.45) is 0 Å². The van der Waals surface area contributed by atoms with E-state index in [1.54, 1.807) is 6.92 Å². The summed E-state index contributed by atoms with van der Waals surface area (Å²) in [6, 6.07) is 3.53. The van der Waals surface area contributed by atoms with Gasteiger partial charge in [-0.2, -0.15) is 13.2 Å². The molecule has 0 radical (unpaired) electrons. The van der Waals surface area contributed by atoms with Crippen LogP contribution in [-0.2, 0) is 29.1 Å². The molecule has 0 spiro atoms. The maximum atomic E-state index is 14.4. The Hall–Kier alpha value is -2.07. The number of benzene rings is 2. The third-order valence-electron chi connectivity index (χ3n) is 5.19. The van der Waals surface area contributed by atoms with Crippen LogP contribution in [0.3, 0.4) is 0 Å². The topological polar surface area (TPSA) is 54.4 Å². The monoisotopic (exact) mass is 452 g/mol. The molecule has 3 nitrogen and oxygen atoms in total. The number of sulfone groups is 1. The van der Waals surface area contributed by atoms with Crippen molar-refractivity contribution in [3.05, 3.63) is 63.7 Å². The fourth-order valence-electron chi connectivity index (χ4n) is 3.80. The molecule has 0 saturated heterocycles. The van der Waals surface area contributed by atoms with Gasteiger partial charge in [0.1, 0.15) is 23.9 Å². The van der Waals surface area contributed by atoms with Gasteiger partial charge >= 0.3 is 5.51 Å². The molecule has 0 aromatic heterocycles. The second-order valence-corrected chi connectivity index (χ2v) is 9.09. The smallest absolute Gasteiger partial charge is 0.385 e. The molecule has 0 bridgehead atoms. The van der Waals surface area contributed by atoms with Crippen molar-refractivity contribution < 1.29 is 39.9 Å². The first-order chi connectivity index (χ1) is 13.9. The Morgan fingerprint density at radius 3 is 2.40 bits per heavy atom. The molecule has 2 aromatic carbocycles. The van der Waals surface area contributed by atoms with Crippen molar-refractivity contribution in [3.8, 4) is 0 Å². The zero-order valence-corrected chi connectivity index (χ0v) is 16.5. The Morgan fingerprint density at radius 1 is 1.13 bits per heavy atom. The Bertz CT molecular complexity index is 1080. The number of hydrogen-bond acceptors (Lipinski definition) is 3. The molecule has 2 aromatic rings. The van der Waals surface area contributed by atoms with Gasteiger partial charge in [-0.1, -0.05) is 19.4 Å². The van der Waals surface area contributed by atoms with Crippen LogP contribution in [0.15, 0.2) is 29.2 Å². The van der Waals surface area contributed by atoms with Gasteiger partial charge in [-0.05, 0) is 40.8 Å². The molecule has 1 aliphatic carbocycles. The summed E-state index contributed by atoms with van der Waals surface area (Å²) in [6.45, 7) is 1.80. The second-order valence-electron chi connectivity index (χ2n) is 7.18. The lowest BCUT2D eigenvalue weighted by Gasteiger charge is -2.18. The van der Waals surface area contributed by atoms with E-state index in [0.29, 0.717) is 30.5 Å². The van der Waals surface area contributed by atoms with Crippen LogP contribution in [0.4, 0.5) is 26.3 Å². The van der Waals surface area contributed by atoms with Gasteiger partial charge in [0.15, 0.2) is 0 Å². The van der Waals surface area contributed by atoms with Crippen molar-refractivity contribution in [2.45, 2.75) is 55.3 Å². The Kier molecular flexibility index (Phi) is 5.94. The van der Waals surface area contributed by atoms with Crippen LogP contribution < -0.4 is 0 Å². The molecule has 0 amide bonds. The number of aryl methyl sites for hydroxylation is 1. The third-order valence-corrected chi connectivity index (χ3v) is 6.73. The predicted molar refractivity (Wildman–Crippen MR) is 96.4 cm³/mol. The highest BCUT2D eigenvalue weighted by Crippen LogP contribution is 2.43. The number of alkyl halides is 4. The molecule has 0 heterocycles. The van der Waals surface area contributed by atoms with E-state index in [2.05, 4.69) is 0 Å². The molecule has 0 aliphatic heterocycles. The Labute approximate surface area is 169 Å². The molecule has 0 fully saturated rings. The molecule has 30 heavy (non-hydrogen) atoms. The van der Waals surface area contributed by atoms with E-state index < -0.39 is 56.1 Å². The molecule has 10 heteroatoms. The van der Waals surface area contributed by atoms with Crippen LogP contribution in [0, 0.1) is 11.6 Å². The van der Waals surface area contributed by atoms with Crippen molar-refractivity contribution >= 4 is 9.84 Å². The summed E-state index contributed by atoms with van der Waals surface area (Å²) < 4.78 is 105. The lowest BCUT2D eigenvalue weighted by molar-refractivity contribution is -0.0437. The van der Waals surface area contributed by atoms with Crippen molar-refractivity contribution in [3.63, 3.8) is 0 Å². The van der Waals surface area contributed by atoms with E-state index in [1.165, 1.54) is 0 Å². The number of halogens is 6. The maximum Gasteiger partial charge on any atom is 0.501 e. The fraction of sp³-hybridized carbons (Fsp3) is 0.400. The van der Waals surface area contributed by atoms with E-state index in [-0.39, 0.29) is 23.1 Å². The van der Waals surface area contributed by atoms with Gasteiger partial charge in [-0.3, -0.25) is 0 Å². The van der Waals surface area contributed by atoms with Crippen LogP contribution >= 0.6 is 0 Å². The molecule has 1 aliphatic rings. The molecule has 1 N–H and O–H groups in total. The van der Waals surface area contributed by atoms with Gasteiger partial charge in [0.25, 0.3) is 9.84 Å². The Balaban J connectivity index is 2.17. The molecule has 0 saturated carbocycles. The summed E-state index contributed by atoms with van der Waals surface area (Å²) >= 11 is 0. The molecule has 2 atom stereocenters. The number of aliphatic hydroxyl groups excluding tert-OH is 1. The summed E-state index contributed by atoms with van der Waals surface area (Å²) in [6.07, 6.45) is -3.88. The number of fused-ring (bicyclic) bond motifs is 1. The highest BCUT2D eigenvalue weighted by atomic mass is 32.2. The zero-order chi connectivity index (χ0) is 22.4. The van der Waals surface area contributed by atoms with Gasteiger partial charge in [0, 0.05) is 24.5 Å². The molecular formula is C20H18F6O3S. The summed E-state index contributed by atoms with van der Waals surface area (Å²) in [5.74, 6) is -1.65. The number of aliphatic hydroxyl groups is 1. The van der Waals surface area contributed by atoms with Gasteiger partial charge < -0.3 is 5.11 Å². The minimum Gasteiger partial charge on any atom is -0.385 e. The zero-order valence-electron chi connectivity index (χ0n) is 15.7. The first-order valence-electron chi connectivity index (χ1n) is 9.13. The second kappa shape index (κ2) is 7.88. The maximum absolute atomic E-state index is 14.4. The quantitative estimate of drug-likeness (QED) is 0.668. The molecular weight excluding hydrogens is 434 g/mol. The normalized spacial score (nSPS) is 19.2. The first kappa shape index (κ1) is 22.6. The highest BCUT2D eigenvalue weighted by molar-refractivity contribution is 7.92. The van der Waals surface area contributed by atoms with E-state index in [1.807, 2.05) is 0 Å². The van der Waals surface area contributed by atoms with E-state index in [0.717, 1.165) is 12.1 Å². The summed E-state index contributed by atoms with van der Waals surface area (Å²) in [5, 5.41) is 10.0. The molecule has 3 rings (SSSR count). The molecule has 164 valence electrons. The third kappa shape index (κ3) is 3.82. The van der Waals surface area contributed by atoms with E-state index in [4.69, 9.17) is 0 Å². The Morgan fingerprint density at radius 2 is 1.80 bits per heavy atom. The van der Waals surface area contributed by atoms with Crippen LogP contribution in [0.5, 0.6) is 0 Å². The van der Waals surface area contributed by atoms with Gasteiger partial charge in [0.2, 0.25) is 0 Å². The van der Waals surface area contributed by atoms with Crippen LogP contribution in [0.2, 0.25) is 0 Å². The van der Waals surface area contributed by atoms with Crippen molar-refractivity contribution in [1.82, 2.24) is 0 Å². The summed E-state index contributed by atoms with van der Waals surface area (Å²) in [7, 11) is -5.83. The number of rotatable bonds is 5. The van der Waals surface area contributed by atoms with Crippen molar-refractivity contribution in [1.29, 1.82) is 0 Å². The van der Waals surface area contributed by atoms with E-state index >= 15 is 0 Å². The number of hydrogen-bond donors (Lipinski definition) is 1. The standard InChI is InChI=1S/C20H18F6O3S/c1-2-3-10-6-12(21)8-15(22)13(10)7-11-4-5-17(30(28,29)20(24,25)26)18-14(11)9-16(23)19(18)27/h4-6,8,16,19,27H,2-3,7,9H2,1H3. The van der Waals surface area contributed by atoms with Gasteiger partial charge in [-0.15, -0.1) is 0 Å². The van der Waals surface area contributed by atoms with Gasteiger partial charge in [-0.25, -0.2) is 21.6 Å². The largest absolute Gasteiger partial charge is 0.501 e. The van der Waals surface area contributed by atoms with Crippen molar-refractivity contribution in [2.75, 3.05) is 0 Å².